The van der Waals surface area contributed by atoms with E-state index in [0.29, 0.717) is 28.7 Å². The molecule has 0 spiro atoms. The molecule has 13 heteroatoms. The van der Waals surface area contributed by atoms with E-state index in [1.165, 1.54) is 22.8 Å². The van der Waals surface area contributed by atoms with Crippen LogP contribution < -0.4 is 10.6 Å². The fraction of sp³-hybridized carbons (Fsp3) is 0.318. The first kappa shape index (κ1) is 21.5. The fourth-order valence-electron chi connectivity index (χ4n) is 4.75. The van der Waals surface area contributed by atoms with Crippen LogP contribution in [0.5, 0.6) is 0 Å². The van der Waals surface area contributed by atoms with E-state index in [9.17, 15) is 27.2 Å². The lowest BCUT2D eigenvalue weighted by Gasteiger charge is -2.22. The second kappa shape index (κ2) is 7.48. The number of nitrogens with one attached hydrogen (secondary N) is 2. The number of imidazole rings is 1. The minimum absolute atomic E-state index is 0.0832. The van der Waals surface area contributed by atoms with Crippen LogP contribution in [-0.2, 0) is 11.3 Å². The van der Waals surface area contributed by atoms with Crippen LogP contribution in [0.15, 0.2) is 36.8 Å². The molecule has 1 saturated carbocycles. The number of carbonyl (C=O) groups is 2. The number of urea groups is 1. The summed E-state index contributed by atoms with van der Waals surface area (Å²) in [5.74, 6) is -2.16. The van der Waals surface area contributed by atoms with E-state index in [1.54, 1.807) is 18.5 Å². The molecule has 3 amide bonds. The van der Waals surface area contributed by atoms with Gasteiger partial charge in [0.25, 0.3) is 0 Å². The maximum absolute atomic E-state index is 15.0. The minimum Gasteiger partial charge on any atom is -0.337 e. The summed E-state index contributed by atoms with van der Waals surface area (Å²) in [4.78, 5) is 28.1. The molecule has 3 aromatic heterocycles. The van der Waals surface area contributed by atoms with Crippen molar-refractivity contribution in [2.75, 3.05) is 6.54 Å². The largest absolute Gasteiger partial charge is 0.408 e. The smallest absolute Gasteiger partial charge is 0.337 e. The lowest BCUT2D eigenvalue weighted by atomic mass is 9.98. The predicted octanol–water partition coefficient (Wildman–Crippen LogP) is 2.97. The molecule has 2 N–H and O–H groups in total. The van der Waals surface area contributed by atoms with Gasteiger partial charge in [0, 0.05) is 29.9 Å². The van der Waals surface area contributed by atoms with Crippen molar-refractivity contribution in [2.45, 2.75) is 36.9 Å². The molecule has 4 aromatic rings. The SMILES string of the molecule is O=C1NCC(c2cc([C@H]3C[C@@H]3c3cc4c(cnn4CC(F)(F)F)cc3F)c3nccn3n2)C(=O)N1. The number of nitrogens with zero attached hydrogens (tertiary/aromatic N) is 5. The molecule has 2 fully saturated rings. The van der Waals surface area contributed by atoms with E-state index in [4.69, 9.17) is 0 Å². The number of imide groups is 1. The van der Waals surface area contributed by atoms with Gasteiger partial charge in [-0.3, -0.25) is 14.8 Å². The second-order valence-corrected chi connectivity index (χ2v) is 8.77. The van der Waals surface area contributed by atoms with Crippen LogP contribution in [0.4, 0.5) is 22.4 Å². The Hall–Kier alpha value is -4.03. The number of rotatable bonds is 4. The van der Waals surface area contributed by atoms with Gasteiger partial charge in [0.15, 0.2) is 5.65 Å². The van der Waals surface area contributed by atoms with Gasteiger partial charge in [0.1, 0.15) is 12.4 Å². The topological polar surface area (TPSA) is 106 Å². The van der Waals surface area contributed by atoms with Crippen molar-refractivity contribution < 1.29 is 27.2 Å². The second-order valence-electron chi connectivity index (χ2n) is 8.77. The van der Waals surface area contributed by atoms with Crippen LogP contribution >= 0.6 is 0 Å². The number of hydrogen-bond acceptors (Lipinski definition) is 5. The molecular formula is C22H17F4N7O2. The molecule has 0 bridgehead atoms. The highest BCUT2D eigenvalue weighted by Gasteiger charge is 2.44. The molecular weight excluding hydrogens is 470 g/mol. The van der Waals surface area contributed by atoms with Crippen molar-refractivity contribution in [3.63, 3.8) is 0 Å². The van der Waals surface area contributed by atoms with Crippen molar-refractivity contribution in [2.24, 2.45) is 0 Å². The number of carbonyl (C=O) groups excluding carboxylic acids is 2. The van der Waals surface area contributed by atoms with Crippen molar-refractivity contribution in [1.82, 2.24) is 35.0 Å². The molecule has 1 aliphatic carbocycles. The van der Waals surface area contributed by atoms with E-state index >= 15 is 0 Å². The minimum atomic E-state index is -4.46. The summed E-state index contributed by atoms with van der Waals surface area (Å²) in [6.07, 6.45) is 0.491. The zero-order valence-electron chi connectivity index (χ0n) is 17.9. The number of aromatic nitrogens is 5. The Labute approximate surface area is 194 Å². The van der Waals surface area contributed by atoms with Crippen LogP contribution in [0.1, 0.15) is 41.0 Å². The number of alkyl halides is 3. The highest BCUT2D eigenvalue weighted by Crippen LogP contribution is 2.56. The molecule has 1 aliphatic heterocycles. The van der Waals surface area contributed by atoms with E-state index in [1.807, 2.05) is 0 Å². The molecule has 9 nitrogen and oxygen atoms in total. The van der Waals surface area contributed by atoms with Crippen molar-refractivity contribution in [3.8, 4) is 0 Å². The summed E-state index contributed by atoms with van der Waals surface area (Å²) in [5.41, 5.74) is 2.23. The first-order valence-electron chi connectivity index (χ1n) is 10.8. The Morgan fingerprint density at radius 1 is 1.11 bits per heavy atom. The third kappa shape index (κ3) is 3.76. The maximum atomic E-state index is 15.0. The van der Waals surface area contributed by atoms with Gasteiger partial charge in [-0.1, -0.05) is 0 Å². The first-order chi connectivity index (χ1) is 16.7. The molecule has 4 heterocycles. The van der Waals surface area contributed by atoms with Crippen molar-refractivity contribution in [1.29, 1.82) is 0 Å². The summed E-state index contributed by atoms with van der Waals surface area (Å²) in [7, 11) is 0. The Balaban J connectivity index is 1.36. The first-order valence-corrected chi connectivity index (χ1v) is 10.8. The molecule has 1 aromatic carbocycles. The Morgan fingerprint density at radius 3 is 2.69 bits per heavy atom. The lowest BCUT2D eigenvalue weighted by molar-refractivity contribution is -0.141. The Kier molecular flexibility index (Phi) is 4.60. The average molecular weight is 487 g/mol. The summed E-state index contributed by atoms with van der Waals surface area (Å²) >= 11 is 0. The van der Waals surface area contributed by atoms with Crippen LogP contribution in [0.3, 0.4) is 0 Å². The maximum Gasteiger partial charge on any atom is 0.408 e. The average Bonchev–Trinajstić information content (AvgIpc) is 3.26. The van der Waals surface area contributed by atoms with E-state index < -0.39 is 36.4 Å². The standard InChI is InChI=1S/C22H17F4N7O2/c23-16-3-10-7-29-33(9-22(24,25)26)18(10)6-13(16)11-4-12(11)14-5-17(31-32-2-1-27-19(14)32)15-8-28-21(35)30-20(15)34/h1-3,5-7,11-12,15H,4,8-9H2,(H2,28,30,34,35)/t11-,12-,15?/m0/s1. The van der Waals surface area contributed by atoms with Gasteiger partial charge in [-0.2, -0.15) is 23.4 Å². The van der Waals surface area contributed by atoms with Crippen LogP contribution in [0, 0.1) is 5.82 Å². The van der Waals surface area contributed by atoms with Gasteiger partial charge < -0.3 is 5.32 Å². The van der Waals surface area contributed by atoms with E-state index in [0.717, 1.165) is 10.2 Å². The van der Waals surface area contributed by atoms with E-state index in [2.05, 4.69) is 25.8 Å². The van der Waals surface area contributed by atoms with Gasteiger partial charge in [-0.15, -0.1) is 0 Å². The summed E-state index contributed by atoms with van der Waals surface area (Å²) < 4.78 is 56.1. The Bertz CT molecular complexity index is 1510. The summed E-state index contributed by atoms with van der Waals surface area (Å²) in [6.45, 7) is -1.18. The van der Waals surface area contributed by atoms with Gasteiger partial charge >= 0.3 is 12.2 Å². The van der Waals surface area contributed by atoms with Crippen LogP contribution in [0.2, 0.25) is 0 Å². The van der Waals surface area contributed by atoms with Gasteiger partial charge in [0.05, 0.1) is 23.3 Å². The highest BCUT2D eigenvalue weighted by atomic mass is 19.4. The number of amides is 3. The fourth-order valence-corrected chi connectivity index (χ4v) is 4.75. The molecule has 2 aliphatic rings. The van der Waals surface area contributed by atoms with E-state index in [-0.39, 0.29) is 23.9 Å². The third-order valence-electron chi connectivity index (χ3n) is 6.46. The monoisotopic (exact) mass is 487 g/mol. The third-order valence-corrected chi connectivity index (χ3v) is 6.46. The Morgan fingerprint density at radius 2 is 1.91 bits per heavy atom. The van der Waals surface area contributed by atoms with Crippen molar-refractivity contribution in [3.05, 3.63) is 59.4 Å². The zero-order chi connectivity index (χ0) is 24.5. The van der Waals surface area contributed by atoms with Crippen LogP contribution in [0.25, 0.3) is 16.6 Å². The molecule has 0 radical (unpaired) electrons. The number of benzene rings is 1. The highest BCUT2D eigenvalue weighted by molar-refractivity contribution is 6.00. The normalized spacial score (nSPS) is 22.5. The van der Waals surface area contributed by atoms with Gasteiger partial charge in [0.2, 0.25) is 5.91 Å². The van der Waals surface area contributed by atoms with Crippen molar-refractivity contribution >= 4 is 28.5 Å². The lowest BCUT2D eigenvalue weighted by Crippen LogP contribution is -2.51. The van der Waals surface area contributed by atoms with Gasteiger partial charge in [-0.05, 0) is 42.0 Å². The number of hydrogen-bond donors (Lipinski definition) is 2. The summed E-state index contributed by atoms with van der Waals surface area (Å²) in [6, 6.07) is 3.80. The molecule has 1 unspecified atom stereocenters. The predicted molar refractivity (Wildman–Crippen MR) is 113 cm³/mol. The summed E-state index contributed by atoms with van der Waals surface area (Å²) in [5, 5.41) is 13.3. The molecule has 3 atom stereocenters. The molecule has 35 heavy (non-hydrogen) atoms. The number of halogens is 4. The zero-order valence-corrected chi connectivity index (χ0v) is 17.9. The van der Waals surface area contributed by atoms with Crippen LogP contribution in [-0.4, -0.2) is 49.0 Å². The molecule has 1 saturated heterocycles. The molecule has 6 rings (SSSR count). The molecule has 180 valence electrons. The van der Waals surface area contributed by atoms with Gasteiger partial charge in [-0.25, -0.2) is 18.7 Å². The quantitative estimate of drug-likeness (QED) is 0.431. The number of fused-ring (bicyclic) bond motifs is 2.